The molecule has 5 heteroatoms. The van der Waals surface area contributed by atoms with Gasteiger partial charge in [0, 0.05) is 11.5 Å². The second-order valence-corrected chi connectivity index (χ2v) is 3.60. The molecule has 1 aromatic carbocycles. The first-order valence-corrected chi connectivity index (χ1v) is 5.51. The summed E-state index contributed by atoms with van der Waals surface area (Å²) in [7, 11) is 1.52. The van der Waals surface area contributed by atoms with Gasteiger partial charge in [-0.15, -0.1) is 0 Å². The molecule has 0 atom stereocenters. The highest BCUT2D eigenvalue weighted by Crippen LogP contribution is 2.31. The average molecular weight is 247 g/mol. The number of rotatable bonds is 4. The first-order chi connectivity index (χ1) is 8.67. The van der Waals surface area contributed by atoms with Crippen molar-refractivity contribution < 1.29 is 19.4 Å². The number of pyridine rings is 1. The molecule has 0 aliphatic heterocycles. The molecule has 0 radical (unpaired) electrons. The highest BCUT2D eigenvalue weighted by atomic mass is 16.5. The maximum Gasteiger partial charge on any atom is 0.354 e. The Hall–Kier alpha value is -2.30. The molecule has 2 rings (SSSR count). The predicted molar refractivity (Wildman–Crippen MR) is 66.4 cm³/mol. The lowest BCUT2D eigenvalue weighted by molar-refractivity contribution is 0.0690. The average Bonchev–Trinajstić information content (AvgIpc) is 2.38. The van der Waals surface area contributed by atoms with Crippen LogP contribution in [0.1, 0.15) is 17.4 Å². The Labute approximate surface area is 104 Å². The number of ether oxygens (including phenoxy) is 2. The van der Waals surface area contributed by atoms with Crippen molar-refractivity contribution in [2.24, 2.45) is 0 Å². The number of fused-ring (bicyclic) bond motifs is 1. The normalized spacial score (nSPS) is 10.3. The number of para-hydroxylation sites is 1. The molecule has 0 spiro atoms. The van der Waals surface area contributed by atoms with Crippen LogP contribution in [0.2, 0.25) is 0 Å². The van der Waals surface area contributed by atoms with Gasteiger partial charge in [-0.25, -0.2) is 9.78 Å². The maximum absolute atomic E-state index is 11.0. The summed E-state index contributed by atoms with van der Waals surface area (Å²) in [5.74, 6) is -0.0703. The molecule has 0 unspecified atom stereocenters. The first-order valence-electron chi connectivity index (χ1n) is 5.51. The third kappa shape index (κ3) is 2.07. The van der Waals surface area contributed by atoms with Gasteiger partial charge in [-0.05, 0) is 19.1 Å². The smallest absolute Gasteiger partial charge is 0.354 e. The molecule has 0 saturated heterocycles. The van der Waals surface area contributed by atoms with Crippen molar-refractivity contribution in [3.63, 3.8) is 0 Å². The summed E-state index contributed by atoms with van der Waals surface area (Å²) in [5, 5.41) is 9.78. The molecule has 1 N–H and O–H groups in total. The van der Waals surface area contributed by atoms with Crippen LogP contribution in [0.3, 0.4) is 0 Å². The molecule has 0 aliphatic carbocycles. The Bertz CT molecular complexity index is 595. The largest absolute Gasteiger partial charge is 0.494 e. The fourth-order valence-corrected chi connectivity index (χ4v) is 1.74. The van der Waals surface area contributed by atoms with E-state index in [-0.39, 0.29) is 5.69 Å². The van der Waals surface area contributed by atoms with Crippen LogP contribution in [0.25, 0.3) is 10.9 Å². The summed E-state index contributed by atoms with van der Waals surface area (Å²) in [6.45, 7) is 2.29. The number of methoxy groups -OCH3 is 1. The van der Waals surface area contributed by atoms with Crippen molar-refractivity contribution in [1.29, 1.82) is 0 Å². The molecule has 1 aromatic heterocycles. The number of carboxylic acids is 1. The standard InChI is InChI=1S/C13H13NO4/c1-3-18-11-7-9(13(15)16)14-12-8(11)5-4-6-10(12)17-2/h4-7H,3H2,1-2H3,(H,15,16). The Morgan fingerprint density at radius 3 is 2.78 bits per heavy atom. The summed E-state index contributed by atoms with van der Waals surface area (Å²) in [6, 6.07) is 6.79. The van der Waals surface area contributed by atoms with E-state index in [1.807, 2.05) is 19.1 Å². The number of benzene rings is 1. The second kappa shape index (κ2) is 4.91. The third-order valence-electron chi connectivity index (χ3n) is 2.50. The first kappa shape index (κ1) is 12.2. The fraction of sp³-hybridized carbons (Fsp3) is 0.231. The maximum atomic E-state index is 11.0. The minimum absolute atomic E-state index is 0.0598. The van der Waals surface area contributed by atoms with Crippen molar-refractivity contribution in [1.82, 2.24) is 4.98 Å². The molecule has 0 bridgehead atoms. The molecule has 2 aromatic rings. The lowest BCUT2D eigenvalue weighted by atomic mass is 10.1. The Kier molecular flexibility index (Phi) is 3.32. The van der Waals surface area contributed by atoms with Crippen molar-refractivity contribution in [2.75, 3.05) is 13.7 Å². The van der Waals surface area contributed by atoms with Crippen molar-refractivity contribution >= 4 is 16.9 Å². The van der Waals surface area contributed by atoms with E-state index >= 15 is 0 Å². The number of nitrogens with zero attached hydrogens (tertiary/aromatic N) is 1. The van der Waals surface area contributed by atoms with E-state index in [1.54, 1.807) is 6.07 Å². The van der Waals surface area contributed by atoms with Crippen molar-refractivity contribution in [3.8, 4) is 11.5 Å². The van der Waals surface area contributed by atoms with Gasteiger partial charge in [-0.1, -0.05) is 6.07 Å². The quantitative estimate of drug-likeness (QED) is 0.898. The zero-order valence-electron chi connectivity index (χ0n) is 10.1. The van der Waals surface area contributed by atoms with Gasteiger partial charge in [-0.2, -0.15) is 0 Å². The molecular formula is C13H13NO4. The van der Waals surface area contributed by atoms with E-state index in [1.165, 1.54) is 13.2 Å². The van der Waals surface area contributed by atoms with Crippen LogP contribution in [0.15, 0.2) is 24.3 Å². The van der Waals surface area contributed by atoms with Crippen molar-refractivity contribution in [3.05, 3.63) is 30.0 Å². The number of aromatic carboxylic acids is 1. The Morgan fingerprint density at radius 2 is 2.17 bits per heavy atom. The van der Waals surface area contributed by atoms with Crippen LogP contribution in [-0.4, -0.2) is 29.8 Å². The van der Waals surface area contributed by atoms with Crippen LogP contribution in [-0.2, 0) is 0 Å². The molecule has 0 fully saturated rings. The van der Waals surface area contributed by atoms with Gasteiger partial charge in [0.25, 0.3) is 0 Å². The third-order valence-corrected chi connectivity index (χ3v) is 2.50. The number of hydrogen-bond acceptors (Lipinski definition) is 4. The van der Waals surface area contributed by atoms with Gasteiger partial charge in [0.05, 0.1) is 13.7 Å². The van der Waals surface area contributed by atoms with Gasteiger partial charge < -0.3 is 14.6 Å². The van der Waals surface area contributed by atoms with Gasteiger partial charge in [0.1, 0.15) is 17.0 Å². The summed E-state index contributed by atoms with van der Waals surface area (Å²) in [5.41, 5.74) is 0.429. The van der Waals surface area contributed by atoms with Crippen molar-refractivity contribution in [2.45, 2.75) is 6.92 Å². The zero-order chi connectivity index (χ0) is 13.1. The van der Waals surface area contributed by atoms with Gasteiger partial charge in [0.15, 0.2) is 5.69 Å². The molecule has 5 nitrogen and oxygen atoms in total. The van der Waals surface area contributed by atoms with Gasteiger partial charge >= 0.3 is 5.97 Å². The van der Waals surface area contributed by atoms with E-state index in [9.17, 15) is 4.79 Å². The summed E-state index contributed by atoms with van der Waals surface area (Å²) in [6.07, 6.45) is 0. The molecule has 0 saturated carbocycles. The lowest BCUT2D eigenvalue weighted by Gasteiger charge is -2.10. The van der Waals surface area contributed by atoms with E-state index in [2.05, 4.69) is 4.98 Å². The van der Waals surface area contributed by atoms with Crippen LogP contribution in [0.4, 0.5) is 0 Å². The monoisotopic (exact) mass is 247 g/mol. The number of hydrogen-bond donors (Lipinski definition) is 1. The minimum atomic E-state index is -1.09. The molecule has 0 aliphatic rings. The van der Waals surface area contributed by atoms with Gasteiger partial charge in [-0.3, -0.25) is 0 Å². The second-order valence-electron chi connectivity index (χ2n) is 3.60. The fourth-order valence-electron chi connectivity index (χ4n) is 1.74. The summed E-state index contributed by atoms with van der Waals surface area (Å²) < 4.78 is 10.6. The highest BCUT2D eigenvalue weighted by Gasteiger charge is 2.14. The lowest BCUT2D eigenvalue weighted by Crippen LogP contribution is -2.03. The zero-order valence-corrected chi connectivity index (χ0v) is 10.1. The topological polar surface area (TPSA) is 68.7 Å². The summed E-state index contributed by atoms with van der Waals surface area (Å²) >= 11 is 0. The predicted octanol–water partition coefficient (Wildman–Crippen LogP) is 2.34. The van der Waals surface area contributed by atoms with Gasteiger partial charge in [0.2, 0.25) is 0 Å². The number of carbonyl (C=O) groups is 1. The van der Waals surface area contributed by atoms with E-state index in [4.69, 9.17) is 14.6 Å². The molecule has 0 amide bonds. The Morgan fingerprint density at radius 1 is 1.39 bits per heavy atom. The van der Waals surface area contributed by atoms with E-state index in [0.29, 0.717) is 23.6 Å². The van der Waals surface area contributed by atoms with E-state index in [0.717, 1.165) is 5.39 Å². The summed E-state index contributed by atoms with van der Waals surface area (Å²) in [4.78, 5) is 15.1. The molecule has 94 valence electrons. The molecular weight excluding hydrogens is 234 g/mol. The van der Waals surface area contributed by atoms with Crippen LogP contribution < -0.4 is 9.47 Å². The van der Waals surface area contributed by atoms with Crippen LogP contribution in [0, 0.1) is 0 Å². The molecule has 1 heterocycles. The number of carboxylic acid groups (broad SMARTS) is 1. The van der Waals surface area contributed by atoms with E-state index < -0.39 is 5.97 Å². The van der Waals surface area contributed by atoms with Crippen LogP contribution >= 0.6 is 0 Å². The number of aromatic nitrogens is 1. The highest BCUT2D eigenvalue weighted by molar-refractivity contribution is 5.95. The Balaban J connectivity index is 2.76. The molecule has 18 heavy (non-hydrogen) atoms. The minimum Gasteiger partial charge on any atom is -0.494 e. The van der Waals surface area contributed by atoms with Crippen LogP contribution in [0.5, 0.6) is 11.5 Å². The SMILES string of the molecule is CCOc1cc(C(=O)O)nc2c(OC)cccc12.